The van der Waals surface area contributed by atoms with Crippen LogP contribution in [0.1, 0.15) is 20.8 Å². The molecule has 0 saturated carbocycles. The van der Waals surface area contributed by atoms with Crippen LogP contribution in [0.4, 0.5) is 0 Å². The zero-order valence-electron chi connectivity index (χ0n) is 13.8. The van der Waals surface area contributed by atoms with Gasteiger partial charge in [-0.05, 0) is 49.2 Å². The summed E-state index contributed by atoms with van der Waals surface area (Å²) in [5, 5.41) is 1.05. The highest BCUT2D eigenvalue weighted by molar-refractivity contribution is 7.99. The van der Waals surface area contributed by atoms with Gasteiger partial charge in [0.2, 0.25) is 0 Å². The van der Waals surface area contributed by atoms with Gasteiger partial charge in [0.05, 0.1) is 17.6 Å². The molecular weight excluding hydrogens is 304 g/mol. The van der Waals surface area contributed by atoms with Crippen molar-refractivity contribution < 1.29 is 4.74 Å². The SMILES string of the molecule is CCOc1ccc(-n2c(SCC(C)C)nc3ccccc32)cc1. The summed E-state index contributed by atoms with van der Waals surface area (Å²) in [6.45, 7) is 7.15. The van der Waals surface area contributed by atoms with Crippen molar-refractivity contribution in [1.82, 2.24) is 9.55 Å². The third-order valence-corrected chi connectivity index (χ3v) is 4.85. The van der Waals surface area contributed by atoms with E-state index >= 15 is 0 Å². The maximum atomic E-state index is 5.54. The summed E-state index contributed by atoms with van der Waals surface area (Å²) in [6, 6.07) is 16.5. The molecule has 0 radical (unpaired) electrons. The second kappa shape index (κ2) is 7.09. The van der Waals surface area contributed by atoms with Crippen molar-refractivity contribution in [3.8, 4) is 11.4 Å². The molecule has 0 aliphatic heterocycles. The first-order chi connectivity index (χ1) is 11.2. The summed E-state index contributed by atoms with van der Waals surface area (Å²) >= 11 is 1.81. The van der Waals surface area contributed by atoms with Gasteiger partial charge in [0.25, 0.3) is 0 Å². The Balaban J connectivity index is 2.04. The molecule has 3 aromatic rings. The highest BCUT2D eigenvalue weighted by Gasteiger charge is 2.13. The van der Waals surface area contributed by atoms with Gasteiger partial charge in [-0.2, -0.15) is 0 Å². The molecule has 0 spiro atoms. The van der Waals surface area contributed by atoms with Gasteiger partial charge in [-0.25, -0.2) is 4.98 Å². The minimum atomic E-state index is 0.633. The number of imidazole rings is 1. The van der Waals surface area contributed by atoms with Crippen LogP contribution >= 0.6 is 11.8 Å². The van der Waals surface area contributed by atoms with Gasteiger partial charge in [-0.3, -0.25) is 4.57 Å². The van der Waals surface area contributed by atoms with E-state index in [0.717, 1.165) is 33.4 Å². The van der Waals surface area contributed by atoms with Gasteiger partial charge < -0.3 is 4.74 Å². The van der Waals surface area contributed by atoms with Crippen LogP contribution in [0.25, 0.3) is 16.7 Å². The monoisotopic (exact) mass is 326 g/mol. The average molecular weight is 326 g/mol. The van der Waals surface area contributed by atoms with Gasteiger partial charge >= 0.3 is 0 Å². The quantitative estimate of drug-likeness (QED) is 0.585. The Morgan fingerprint density at radius 1 is 1.09 bits per heavy atom. The second-order valence-electron chi connectivity index (χ2n) is 5.85. The van der Waals surface area contributed by atoms with Crippen molar-refractivity contribution in [2.24, 2.45) is 5.92 Å². The molecular formula is C19H22N2OS. The molecule has 120 valence electrons. The van der Waals surface area contributed by atoms with Crippen LogP contribution in [-0.2, 0) is 0 Å². The Kier molecular flexibility index (Phi) is 4.91. The topological polar surface area (TPSA) is 27.1 Å². The molecule has 1 aromatic heterocycles. The molecule has 0 amide bonds. The minimum absolute atomic E-state index is 0.633. The molecule has 0 aliphatic rings. The van der Waals surface area contributed by atoms with Crippen LogP contribution in [0.5, 0.6) is 5.75 Å². The number of ether oxygens (including phenoxy) is 1. The molecule has 3 rings (SSSR count). The molecule has 0 N–H and O–H groups in total. The predicted molar refractivity (Wildman–Crippen MR) is 97.8 cm³/mol. The number of benzene rings is 2. The number of fused-ring (bicyclic) bond motifs is 1. The lowest BCUT2D eigenvalue weighted by molar-refractivity contribution is 0.340. The molecule has 3 nitrogen and oxygen atoms in total. The van der Waals surface area contributed by atoms with E-state index in [2.05, 4.69) is 48.7 Å². The highest BCUT2D eigenvalue weighted by atomic mass is 32.2. The normalized spacial score (nSPS) is 11.3. The summed E-state index contributed by atoms with van der Waals surface area (Å²) in [5.74, 6) is 2.59. The predicted octanol–water partition coefficient (Wildman–Crippen LogP) is 5.17. The van der Waals surface area contributed by atoms with Gasteiger partial charge in [-0.15, -0.1) is 0 Å². The fraction of sp³-hybridized carbons (Fsp3) is 0.316. The summed E-state index contributed by atoms with van der Waals surface area (Å²) in [5.41, 5.74) is 3.30. The molecule has 1 heterocycles. The lowest BCUT2D eigenvalue weighted by Crippen LogP contribution is -1.99. The van der Waals surface area contributed by atoms with Gasteiger partial charge in [0.15, 0.2) is 5.16 Å². The number of nitrogens with zero attached hydrogens (tertiary/aromatic N) is 2. The van der Waals surface area contributed by atoms with Crippen LogP contribution in [0, 0.1) is 5.92 Å². The van der Waals surface area contributed by atoms with E-state index in [1.54, 1.807) is 0 Å². The molecule has 0 fully saturated rings. The number of hydrogen-bond donors (Lipinski definition) is 0. The Labute approximate surface area is 141 Å². The molecule has 0 atom stereocenters. The van der Waals surface area contributed by atoms with Crippen molar-refractivity contribution in [3.63, 3.8) is 0 Å². The van der Waals surface area contributed by atoms with Crippen LogP contribution in [0.2, 0.25) is 0 Å². The molecule has 0 unspecified atom stereocenters. The Bertz CT molecular complexity index is 778. The summed E-state index contributed by atoms with van der Waals surface area (Å²) in [7, 11) is 0. The lowest BCUT2D eigenvalue weighted by atomic mass is 10.2. The maximum Gasteiger partial charge on any atom is 0.173 e. The minimum Gasteiger partial charge on any atom is -0.494 e. The fourth-order valence-corrected chi connectivity index (χ4v) is 3.43. The molecule has 23 heavy (non-hydrogen) atoms. The summed E-state index contributed by atoms with van der Waals surface area (Å²) in [6.07, 6.45) is 0. The number of rotatable bonds is 6. The highest BCUT2D eigenvalue weighted by Crippen LogP contribution is 2.29. The van der Waals surface area contributed by atoms with E-state index in [0.29, 0.717) is 12.5 Å². The summed E-state index contributed by atoms with van der Waals surface area (Å²) in [4.78, 5) is 4.81. The molecule has 2 aromatic carbocycles. The average Bonchev–Trinajstić information content (AvgIpc) is 2.92. The molecule has 4 heteroatoms. The molecule has 0 aliphatic carbocycles. The van der Waals surface area contributed by atoms with Crippen LogP contribution < -0.4 is 4.74 Å². The smallest absolute Gasteiger partial charge is 0.173 e. The van der Waals surface area contributed by atoms with E-state index in [4.69, 9.17) is 9.72 Å². The van der Waals surface area contributed by atoms with Crippen molar-refractivity contribution >= 4 is 22.8 Å². The third kappa shape index (κ3) is 3.53. The first-order valence-electron chi connectivity index (χ1n) is 8.02. The van der Waals surface area contributed by atoms with E-state index in [9.17, 15) is 0 Å². The fourth-order valence-electron chi connectivity index (χ4n) is 2.45. The van der Waals surface area contributed by atoms with Crippen molar-refractivity contribution in [3.05, 3.63) is 48.5 Å². The first kappa shape index (κ1) is 15.9. The maximum absolute atomic E-state index is 5.54. The van der Waals surface area contributed by atoms with E-state index in [-0.39, 0.29) is 0 Å². The number of para-hydroxylation sites is 2. The largest absolute Gasteiger partial charge is 0.494 e. The third-order valence-electron chi connectivity index (χ3n) is 3.48. The standard InChI is InChI=1S/C19H22N2OS/c1-4-22-16-11-9-15(10-12-16)21-18-8-6-5-7-17(18)20-19(21)23-13-14(2)3/h5-12,14H,4,13H2,1-3H3. The van der Waals surface area contributed by atoms with Gasteiger partial charge in [0.1, 0.15) is 5.75 Å². The Morgan fingerprint density at radius 2 is 1.83 bits per heavy atom. The van der Waals surface area contributed by atoms with E-state index in [1.165, 1.54) is 0 Å². The Morgan fingerprint density at radius 3 is 2.52 bits per heavy atom. The summed E-state index contributed by atoms with van der Waals surface area (Å²) < 4.78 is 7.78. The Hall–Kier alpha value is -1.94. The second-order valence-corrected chi connectivity index (χ2v) is 6.84. The van der Waals surface area contributed by atoms with E-state index < -0.39 is 0 Å². The van der Waals surface area contributed by atoms with Crippen molar-refractivity contribution in [2.45, 2.75) is 25.9 Å². The van der Waals surface area contributed by atoms with Crippen LogP contribution in [0.15, 0.2) is 53.7 Å². The van der Waals surface area contributed by atoms with Gasteiger partial charge in [0, 0.05) is 11.4 Å². The number of hydrogen-bond acceptors (Lipinski definition) is 3. The van der Waals surface area contributed by atoms with Crippen LogP contribution in [0.3, 0.4) is 0 Å². The molecule has 0 saturated heterocycles. The van der Waals surface area contributed by atoms with E-state index in [1.807, 2.05) is 36.9 Å². The van der Waals surface area contributed by atoms with Crippen molar-refractivity contribution in [2.75, 3.05) is 12.4 Å². The van der Waals surface area contributed by atoms with Crippen LogP contribution in [-0.4, -0.2) is 21.9 Å². The zero-order valence-corrected chi connectivity index (χ0v) is 14.6. The molecule has 0 bridgehead atoms. The first-order valence-corrected chi connectivity index (χ1v) is 9.01. The number of thioether (sulfide) groups is 1. The van der Waals surface area contributed by atoms with Gasteiger partial charge in [-0.1, -0.05) is 37.7 Å². The van der Waals surface area contributed by atoms with Crippen molar-refractivity contribution in [1.29, 1.82) is 0 Å². The lowest BCUT2D eigenvalue weighted by Gasteiger charge is -2.11. The number of aromatic nitrogens is 2. The zero-order chi connectivity index (χ0) is 16.2.